The van der Waals surface area contributed by atoms with E-state index in [0.717, 1.165) is 16.8 Å². The third-order valence-electron chi connectivity index (χ3n) is 3.45. The summed E-state index contributed by atoms with van der Waals surface area (Å²) in [6.07, 6.45) is -4.56. The minimum atomic E-state index is -4.56. The van der Waals surface area contributed by atoms with Crippen molar-refractivity contribution in [1.29, 1.82) is 0 Å². The standard InChI is InChI=1S/C16H12F3N3O2S/c1-8-10(3-5-13(20-8)16(17,18)19)15(24)21-9-2-4-12-11(6-9)22-14(7-23)25-12/h2-6,23H,7H2,1H3,(H,21,24). The van der Waals surface area contributed by atoms with Gasteiger partial charge in [0.25, 0.3) is 5.91 Å². The lowest BCUT2D eigenvalue weighted by Gasteiger charge is -2.10. The highest BCUT2D eigenvalue weighted by Crippen LogP contribution is 2.29. The van der Waals surface area contributed by atoms with E-state index in [9.17, 15) is 18.0 Å². The monoisotopic (exact) mass is 367 g/mol. The molecule has 0 saturated carbocycles. The summed E-state index contributed by atoms with van der Waals surface area (Å²) in [4.78, 5) is 20.0. The average Bonchev–Trinajstić information content (AvgIpc) is 2.96. The van der Waals surface area contributed by atoms with E-state index in [2.05, 4.69) is 15.3 Å². The van der Waals surface area contributed by atoms with E-state index in [0.29, 0.717) is 16.2 Å². The summed E-state index contributed by atoms with van der Waals surface area (Å²) < 4.78 is 38.8. The number of carbonyl (C=O) groups is 1. The molecule has 0 unspecified atom stereocenters. The van der Waals surface area contributed by atoms with Crippen LogP contribution in [0.5, 0.6) is 0 Å². The average molecular weight is 367 g/mol. The fraction of sp³-hybridized carbons (Fsp3) is 0.188. The number of aliphatic hydroxyl groups excluding tert-OH is 1. The number of hydrogen-bond acceptors (Lipinski definition) is 5. The fourth-order valence-corrected chi connectivity index (χ4v) is 3.09. The van der Waals surface area contributed by atoms with Crippen molar-refractivity contribution < 1.29 is 23.1 Å². The van der Waals surface area contributed by atoms with Gasteiger partial charge in [0.1, 0.15) is 10.7 Å². The van der Waals surface area contributed by atoms with Gasteiger partial charge >= 0.3 is 6.18 Å². The lowest BCUT2D eigenvalue weighted by molar-refractivity contribution is -0.141. The Balaban J connectivity index is 1.84. The van der Waals surface area contributed by atoms with Crippen molar-refractivity contribution in [3.05, 3.63) is 52.3 Å². The highest BCUT2D eigenvalue weighted by atomic mass is 32.1. The van der Waals surface area contributed by atoms with Crippen molar-refractivity contribution >= 4 is 33.1 Å². The molecule has 0 fully saturated rings. The number of hydrogen-bond donors (Lipinski definition) is 2. The summed E-state index contributed by atoms with van der Waals surface area (Å²) in [5, 5.41) is 12.3. The van der Waals surface area contributed by atoms with Gasteiger partial charge < -0.3 is 10.4 Å². The molecule has 0 saturated heterocycles. The molecule has 0 aliphatic rings. The molecular weight excluding hydrogens is 355 g/mol. The number of alkyl halides is 3. The first-order chi connectivity index (χ1) is 11.8. The molecule has 5 nitrogen and oxygen atoms in total. The van der Waals surface area contributed by atoms with Crippen LogP contribution in [-0.4, -0.2) is 21.0 Å². The number of halogens is 3. The first-order valence-corrected chi connectivity index (χ1v) is 7.96. The van der Waals surface area contributed by atoms with Gasteiger partial charge in [0.15, 0.2) is 0 Å². The quantitative estimate of drug-likeness (QED) is 0.739. The van der Waals surface area contributed by atoms with E-state index in [4.69, 9.17) is 5.11 Å². The van der Waals surface area contributed by atoms with Gasteiger partial charge in [0.05, 0.1) is 28.1 Å². The number of fused-ring (bicyclic) bond motifs is 1. The second kappa shape index (κ2) is 6.41. The van der Waals surface area contributed by atoms with Gasteiger partial charge in [-0.05, 0) is 37.3 Å². The number of carbonyl (C=O) groups excluding carboxylic acids is 1. The maximum atomic E-state index is 12.6. The summed E-state index contributed by atoms with van der Waals surface area (Å²) >= 11 is 1.34. The van der Waals surface area contributed by atoms with Crippen molar-refractivity contribution in [2.75, 3.05) is 5.32 Å². The number of anilines is 1. The second-order valence-corrected chi connectivity index (χ2v) is 6.34. The lowest BCUT2D eigenvalue weighted by atomic mass is 10.1. The number of aromatic nitrogens is 2. The Hall–Kier alpha value is -2.52. The molecule has 2 N–H and O–H groups in total. The summed E-state index contributed by atoms with van der Waals surface area (Å²) in [7, 11) is 0. The summed E-state index contributed by atoms with van der Waals surface area (Å²) in [5.41, 5.74) is 0.0785. The number of pyridine rings is 1. The van der Waals surface area contributed by atoms with E-state index < -0.39 is 17.8 Å². The molecule has 0 atom stereocenters. The fourth-order valence-electron chi connectivity index (χ4n) is 2.28. The molecule has 3 rings (SSSR count). The van der Waals surface area contributed by atoms with Crippen LogP contribution in [0.15, 0.2) is 30.3 Å². The van der Waals surface area contributed by atoms with Crippen LogP contribution < -0.4 is 5.32 Å². The van der Waals surface area contributed by atoms with Gasteiger partial charge in [-0.1, -0.05) is 0 Å². The minimum absolute atomic E-state index is 0.00960. The van der Waals surface area contributed by atoms with Crippen LogP contribution >= 0.6 is 11.3 Å². The zero-order chi connectivity index (χ0) is 18.2. The molecule has 0 aliphatic carbocycles. The van der Waals surface area contributed by atoms with Gasteiger partial charge in [-0.25, -0.2) is 9.97 Å². The van der Waals surface area contributed by atoms with Gasteiger partial charge in [-0.3, -0.25) is 4.79 Å². The van der Waals surface area contributed by atoms with E-state index in [-0.39, 0.29) is 17.9 Å². The third-order valence-corrected chi connectivity index (χ3v) is 4.47. The molecule has 1 amide bonds. The molecule has 0 aliphatic heterocycles. The molecule has 130 valence electrons. The highest BCUT2D eigenvalue weighted by molar-refractivity contribution is 7.18. The zero-order valence-electron chi connectivity index (χ0n) is 12.9. The van der Waals surface area contributed by atoms with Crippen LogP contribution in [0.1, 0.15) is 26.8 Å². The van der Waals surface area contributed by atoms with Gasteiger partial charge in [0.2, 0.25) is 0 Å². The zero-order valence-corrected chi connectivity index (χ0v) is 13.7. The van der Waals surface area contributed by atoms with Crippen molar-refractivity contribution in [2.45, 2.75) is 19.7 Å². The van der Waals surface area contributed by atoms with Crippen molar-refractivity contribution in [2.24, 2.45) is 0 Å². The SMILES string of the molecule is Cc1nc(C(F)(F)F)ccc1C(=O)Nc1ccc2sc(CO)nc2c1. The molecule has 2 aromatic heterocycles. The summed E-state index contributed by atoms with van der Waals surface area (Å²) in [6, 6.07) is 6.92. The third kappa shape index (κ3) is 3.62. The Morgan fingerprint density at radius 3 is 2.64 bits per heavy atom. The number of thiazole rings is 1. The van der Waals surface area contributed by atoms with Crippen molar-refractivity contribution in [3.63, 3.8) is 0 Å². The lowest BCUT2D eigenvalue weighted by Crippen LogP contribution is -2.16. The normalized spacial score (nSPS) is 11.7. The van der Waals surface area contributed by atoms with Crippen LogP contribution in [0.4, 0.5) is 18.9 Å². The number of benzene rings is 1. The Kier molecular flexibility index (Phi) is 4.44. The molecule has 0 radical (unpaired) electrons. The van der Waals surface area contributed by atoms with Gasteiger partial charge in [-0.15, -0.1) is 11.3 Å². The second-order valence-electron chi connectivity index (χ2n) is 5.23. The van der Waals surface area contributed by atoms with Crippen LogP contribution in [0.3, 0.4) is 0 Å². The topological polar surface area (TPSA) is 75.1 Å². The number of amides is 1. The molecular formula is C16H12F3N3O2S. The molecule has 3 aromatic rings. The Morgan fingerprint density at radius 2 is 2.00 bits per heavy atom. The Labute approximate surface area is 144 Å². The van der Waals surface area contributed by atoms with E-state index in [1.165, 1.54) is 18.3 Å². The number of aliphatic hydroxyl groups is 1. The summed E-state index contributed by atoms with van der Waals surface area (Å²) in [5.74, 6) is -0.560. The largest absolute Gasteiger partial charge is 0.433 e. The maximum absolute atomic E-state index is 12.6. The first kappa shape index (κ1) is 17.3. The van der Waals surface area contributed by atoms with Gasteiger partial charge in [0, 0.05) is 5.69 Å². The van der Waals surface area contributed by atoms with Crippen LogP contribution in [0.25, 0.3) is 10.2 Å². The minimum Gasteiger partial charge on any atom is -0.389 e. The molecule has 0 spiro atoms. The van der Waals surface area contributed by atoms with Crippen LogP contribution in [-0.2, 0) is 12.8 Å². The van der Waals surface area contributed by atoms with Crippen molar-refractivity contribution in [3.8, 4) is 0 Å². The van der Waals surface area contributed by atoms with Crippen molar-refractivity contribution in [1.82, 2.24) is 9.97 Å². The molecule has 2 heterocycles. The smallest absolute Gasteiger partial charge is 0.389 e. The van der Waals surface area contributed by atoms with Crippen LogP contribution in [0, 0.1) is 6.92 Å². The first-order valence-electron chi connectivity index (χ1n) is 7.14. The van der Waals surface area contributed by atoms with Gasteiger partial charge in [-0.2, -0.15) is 13.2 Å². The number of nitrogens with one attached hydrogen (secondary N) is 1. The highest BCUT2D eigenvalue weighted by Gasteiger charge is 2.33. The predicted molar refractivity (Wildman–Crippen MR) is 87.5 cm³/mol. The summed E-state index contributed by atoms with van der Waals surface area (Å²) in [6.45, 7) is 1.18. The predicted octanol–water partition coefficient (Wildman–Crippen LogP) is 3.76. The molecule has 1 aromatic carbocycles. The number of aryl methyl sites for hydroxylation is 1. The maximum Gasteiger partial charge on any atom is 0.433 e. The Morgan fingerprint density at radius 1 is 1.24 bits per heavy atom. The number of nitrogens with zero attached hydrogens (tertiary/aromatic N) is 2. The van der Waals surface area contributed by atoms with E-state index in [1.807, 2.05) is 0 Å². The molecule has 25 heavy (non-hydrogen) atoms. The Bertz CT molecular complexity index is 953. The van der Waals surface area contributed by atoms with E-state index in [1.54, 1.807) is 18.2 Å². The molecule has 9 heteroatoms. The molecule has 0 bridgehead atoms. The van der Waals surface area contributed by atoms with E-state index >= 15 is 0 Å². The number of rotatable bonds is 3. The van der Waals surface area contributed by atoms with Crippen LogP contribution in [0.2, 0.25) is 0 Å².